The molecule has 0 saturated heterocycles. The van der Waals surface area contributed by atoms with E-state index in [1.54, 1.807) is 24.4 Å². The smallest absolute Gasteiger partial charge is 0.277 e. The molecule has 124 valence electrons. The van der Waals surface area contributed by atoms with Crippen LogP contribution >= 0.6 is 23.2 Å². The minimum absolute atomic E-state index is 0.194. The van der Waals surface area contributed by atoms with Crippen molar-refractivity contribution in [3.63, 3.8) is 0 Å². The van der Waals surface area contributed by atoms with Crippen molar-refractivity contribution in [3.8, 4) is 5.75 Å². The minimum atomic E-state index is -0.384. The summed E-state index contributed by atoms with van der Waals surface area (Å²) in [5.41, 5.74) is 4.37. The number of allylic oxidation sites excluding steroid dienone is 1. The van der Waals surface area contributed by atoms with Crippen molar-refractivity contribution in [3.05, 3.63) is 69.7 Å². The topological polar surface area (TPSA) is 50.7 Å². The van der Waals surface area contributed by atoms with E-state index in [4.69, 9.17) is 27.9 Å². The zero-order valence-electron chi connectivity index (χ0n) is 13.0. The van der Waals surface area contributed by atoms with Gasteiger partial charge in [-0.2, -0.15) is 5.10 Å². The third kappa shape index (κ3) is 6.07. The Kier molecular flexibility index (Phi) is 6.85. The lowest BCUT2D eigenvalue weighted by atomic mass is 10.1. The number of amides is 1. The van der Waals surface area contributed by atoms with Gasteiger partial charge in [0.25, 0.3) is 5.91 Å². The van der Waals surface area contributed by atoms with Crippen LogP contribution in [0.5, 0.6) is 5.75 Å². The zero-order chi connectivity index (χ0) is 17.4. The maximum Gasteiger partial charge on any atom is 0.277 e. The highest BCUT2D eigenvalue weighted by atomic mass is 35.5. The molecule has 0 heterocycles. The first kappa shape index (κ1) is 18.0. The van der Waals surface area contributed by atoms with Crippen LogP contribution in [0.4, 0.5) is 0 Å². The Hall–Kier alpha value is -2.30. The fraction of sp³-hybridized carbons (Fsp3) is 0.111. The van der Waals surface area contributed by atoms with E-state index in [0.717, 1.165) is 11.1 Å². The molecule has 0 aliphatic carbocycles. The fourth-order valence-corrected chi connectivity index (χ4v) is 2.29. The summed E-state index contributed by atoms with van der Waals surface area (Å²) in [5, 5.41) is 4.74. The van der Waals surface area contributed by atoms with Crippen LogP contribution < -0.4 is 10.2 Å². The molecule has 0 bridgehead atoms. The molecule has 0 fully saturated rings. The van der Waals surface area contributed by atoms with Crippen LogP contribution in [0.2, 0.25) is 10.0 Å². The van der Waals surface area contributed by atoms with Gasteiger partial charge in [0.05, 0.1) is 11.2 Å². The van der Waals surface area contributed by atoms with E-state index in [0.29, 0.717) is 15.8 Å². The quantitative estimate of drug-likeness (QED) is 0.603. The number of benzene rings is 2. The van der Waals surface area contributed by atoms with E-state index in [2.05, 4.69) is 10.5 Å². The Bertz CT molecular complexity index is 759. The van der Waals surface area contributed by atoms with Crippen LogP contribution in [-0.2, 0) is 4.79 Å². The average Bonchev–Trinajstić information content (AvgIpc) is 2.55. The molecule has 6 heteroatoms. The lowest BCUT2D eigenvalue weighted by Gasteiger charge is -2.06. The maximum atomic E-state index is 11.7. The highest BCUT2D eigenvalue weighted by molar-refractivity contribution is 6.35. The Morgan fingerprint density at radius 3 is 2.67 bits per heavy atom. The van der Waals surface area contributed by atoms with Crippen LogP contribution in [0, 0.1) is 0 Å². The molecule has 0 saturated carbocycles. The lowest BCUT2D eigenvalue weighted by molar-refractivity contribution is -0.123. The summed E-state index contributed by atoms with van der Waals surface area (Å²) in [5.74, 6) is 0.00475. The highest BCUT2D eigenvalue weighted by Gasteiger charge is 2.05. The van der Waals surface area contributed by atoms with E-state index in [1.165, 1.54) is 0 Å². The molecule has 0 spiro atoms. The summed E-state index contributed by atoms with van der Waals surface area (Å²) in [4.78, 5) is 11.7. The van der Waals surface area contributed by atoms with E-state index in [9.17, 15) is 4.79 Å². The minimum Gasteiger partial charge on any atom is -0.482 e. The first-order chi connectivity index (χ1) is 11.5. The van der Waals surface area contributed by atoms with Gasteiger partial charge in [-0.25, -0.2) is 5.43 Å². The molecule has 0 unspecified atom stereocenters. The standard InChI is InChI=1S/C18H16Cl2N2O2/c1-13(9-14-5-3-2-4-6-14)11-21-22-18(23)12-24-17-8-7-15(19)10-16(17)20/h2-11H,12H2,1H3,(H,22,23). The molecule has 0 aliphatic heterocycles. The first-order valence-electron chi connectivity index (χ1n) is 7.17. The Balaban J connectivity index is 1.81. The Labute approximate surface area is 150 Å². The van der Waals surface area contributed by atoms with Gasteiger partial charge < -0.3 is 4.74 Å². The normalized spacial score (nSPS) is 11.5. The monoisotopic (exact) mass is 362 g/mol. The summed E-state index contributed by atoms with van der Waals surface area (Å²) in [6, 6.07) is 14.6. The zero-order valence-corrected chi connectivity index (χ0v) is 14.5. The molecule has 1 N–H and O–H groups in total. The molecule has 0 aromatic heterocycles. The van der Waals surface area contributed by atoms with Crippen molar-refractivity contribution in [2.75, 3.05) is 6.61 Å². The SMILES string of the molecule is CC(C=NNC(=O)COc1ccc(Cl)cc1Cl)=Cc1ccccc1. The molecule has 0 radical (unpaired) electrons. The number of halogens is 2. The van der Waals surface area contributed by atoms with Gasteiger partial charge >= 0.3 is 0 Å². The summed E-state index contributed by atoms with van der Waals surface area (Å²) in [6.45, 7) is 1.70. The summed E-state index contributed by atoms with van der Waals surface area (Å²) >= 11 is 11.7. The fourth-order valence-electron chi connectivity index (χ4n) is 1.82. The van der Waals surface area contributed by atoms with E-state index in [1.807, 2.05) is 43.3 Å². The number of nitrogens with zero attached hydrogens (tertiary/aromatic N) is 1. The van der Waals surface area contributed by atoms with Gasteiger partial charge in [-0.05, 0) is 36.3 Å². The van der Waals surface area contributed by atoms with Gasteiger partial charge in [0, 0.05) is 5.02 Å². The third-order valence-electron chi connectivity index (χ3n) is 2.90. The number of carbonyl (C=O) groups is 1. The Morgan fingerprint density at radius 1 is 1.21 bits per heavy atom. The van der Waals surface area contributed by atoms with E-state index in [-0.39, 0.29) is 12.5 Å². The van der Waals surface area contributed by atoms with E-state index < -0.39 is 0 Å². The van der Waals surface area contributed by atoms with Crippen LogP contribution in [0.3, 0.4) is 0 Å². The number of hydrogen-bond acceptors (Lipinski definition) is 3. The third-order valence-corrected chi connectivity index (χ3v) is 3.43. The number of carbonyl (C=O) groups excluding carboxylic acids is 1. The molecule has 0 atom stereocenters. The van der Waals surface area contributed by atoms with Gasteiger partial charge in [-0.3, -0.25) is 4.79 Å². The highest BCUT2D eigenvalue weighted by Crippen LogP contribution is 2.27. The number of rotatable bonds is 6. The van der Waals surface area contributed by atoms with Crippen LogP contribution in [0.15, 0.2) is 59.2 Å². The van der Waals surface area contributed by atoms with Crippen LogP contribution in [0.1, 0.15) is 12.5 Å². The molecule has 2 aromatic carbocycles. The second-order valence-electron chi connectivity index (χ2n) is 4.96. The van der Waals surface area contributed by atoms with Crippen LogP contribution in [0.25, 0.3) is 6.08 Å². The number of ether oxygens (including phenoxy) is 1. The van der Waals surface area contributed by atoms with Gasteiger partial charge in [-0.1, -0.05) is 59.6 Å². The lowest BCUT2D eigenvalue weighted by Crippen LogP contribution is -2.24. The van der Waals surface area contributed by atoms with Crippen LogP contribution in [-0.4, -0.2) is 18.7 Å². The van der Waals surface area contributed by atoms with Crippen molar-refractivity contribution >= 4 is 41.4 Å². The molecule has 24 heavy (non-hydrogen) atoms. The largest absolute Gasteiger partial charge is 0.482 e. The molecular formula is C18H16Cl2N2O2. The van der Waals surface area contributed by atoms with Gasteiger partial charge in [0.15, 0.2) is 6.61 Å². The molecule has 0 aliphatic rings. The second kappa shape index (κ2) is 9.11. The van der Waals surface area contributed by atoms with Crippen molar-refractivity contribution < 1.29 is 9.53 Å². The maximum absolute atomic E-state index is 11.7. The Morgan fingerprint density at radius 2 is 1.96 bits per heavy atom. The molecule has 2 rings (SSSR count). The van der Waals surface area contributed by atoms with Crippen molar-refractivity contribution in [2.45, 2.75) is 6.92 Å². The van der Waals surface area contributed by atoms with Crippen molar-refractivity contribution in [2.24, 2.45) is 5.10 Å². The number of hydrogen-bond donors (Lipinski definition) is 1. The molecular weight excluding hydrogens is 347 g/mol. The molecule has 1 amide bonds. The van der Waals surface area contributed by atoms with E-state index >= 15 is 0 Å². The second-order valence-corrected chi connectivity index (χ2v) is 5.80. The summed E-state index contributed by atoms with van der Waals surface area (Å²) < 4.78 is 5.32. The first-order valence-corrected chi connectivity index (χ1v) is 7.93. The van der Waals surface area contributed by atoms with Crippen molar-refractivity contribution in [1.29, 1.82) is 0 Å². The predicted molar refractivity (Wildman–Crippen MR) is 98.7 cm³/mol. The van der Waals surface area contributed by atoms with Gasteiger partial charge in [0.1, 0.15) is 5.75 Å². The average molecular weight is 363 g/mol. The number of hydrazone groups is 1. The van der Waals surface area contributed by atoms with Crippen molar-refractivity contribution in [1.82, 2.24) is 5.43 Å². The summed E-state index contributed by atoms with van der Waals surface area (Å²) in [6.07, 6.45) is 3.53. The molecule has 2 aromatic rings. The number of nitrogens with one attached hydrogen (secondary N) is 1. The van der Waals surface area contributed by atoms with Gasteiger partial charge in [0.2, 0.25) is 0 Å². The predicted octanol–water partition coefficient (Wildman–Crippen LogP) is 4.58. The molecule has 4 nitrogen and oxygen atoms in total. The summed E-state index contributed by atoms with van der Waals surface area (Å²) in [7, 11) is 0. The van der Waals surface area contributed by atoms with Gasteiger partial charge in [-0.15, -0.1) is 0 Å².